The first kappa shape index (κ1) is 17.4. The minimum Gasteiger partial charge on any atom is -0.352 e. The van der Waals surface area contributed by atoms with Gasteiger partial charge in [0.25, 0.3) is 0 Å². The number of hydrogen-bond donors (Lipinski definition) is 1. The van der Waals surface area contributed by atoms with Gasteiger partial charge in [-0.15, -0.1) is 0 Å². The summed E-state index contributed by atoms with van der Waals surface area (Å²) in [5, 5.41) is 11.8. The molecule has 0 aromatic heterocycles. The third-order valence-electron chi connectivity index (χ3n) is 3.72. The van der Waals surface area contributed by atoms with Crippen molar-refractivity contribution < 1.29 is 9.59 Å². The van der Waals surface area contributed by atoms with Crippen LogP contribution in [0.25, 0.3) is 0 Å². The molecule has 2 unspecified atom stereocenters. The third kappa shape index (κ3) is 6.13. The molecule has 0 spiro atoms. The number of likely N-dealkylation sites (N-methyl/N-ethyl adjacent to an activating group) is 1. The van der Waals surface area contributed by atoms with Gasteiger partial charge in [0.1, 0.15) is 0 Å². The van der Waals surface area contributed by atoms with Gasteiger partial charge in [0.15, 0.2) is 0 Å². The van der Waals surface area contributed by atoms with Crippen LogP contribution in [-0.4, -0.2) is 60.4 Å². The van der Waals surface area contributed by atoms with E-state index < -0.39 is 0 Å². The van der Waals surface area contributed by atoms with Crippen LogP contribution in [0.4, 0.5) is 0 Å². The Balaban J connectivity index is 2.48. The summed E-state index contributed by atoms with van der Waals surface area (Å²) < 4.78 is 0. The van der Waals surface area contributed by atoms with Crippen LogP contribution in [0, 0.1) is 17.2 Å². The number of piperidine rings is 1. The van der Waals surface area contributed by atoms with Gasteiger partial charge in [0.05, 0.1) is 18.5 Å². The van der Waals surface area contributed by atoms with Crippen molar-refractivity contribution in [2.24, 2.45) is 5.92 Å². The molecular weight excluding hydrogens is 268 g/mol. The van der Waals surface area contributed by atoms with Crippen LogP contribution in [0.5, 0.6) is 0 Å². The molecule has 0 aromatic carbocycles. The summed E-state index contributed by atoms with van der Waals surface area (Å²) >= 11 is 0. The maximum absolute atomic E-state index is 12.3. The van der Waals surface area contributed by atoms with E-state index in [0.717, 1.165) is 25.9 Å². The Hall–Kier alpha value is -1.61. The van der Waals surface area contributed by atoms with Crippen LogP contribution in [-0.2, 0) is 9.59 Å². The lowest BCUT2D eigenvalue weighted by atomic mass is 10.1. The first-order valence-electron chi connectivity index (χ1n) is 7.63. The first-order chi connectivity index (χ1) is 9.96. The van der Waals surface area contributed by atoms with Gasteiger partial charge in [-0.25, -0.2) is 0 Å². The van der Waals surface area contributed by atoms with Gasteiger partial charge in [0.2, 0.25) is 11.8 Å². The zero-order chi connectivity index (χ0) is 15.8. The highest BCUT2D eigenvalue weighted by Gasteiger charge is 2.24. The van der Waals surface area contributed by atoms with Gasteiger partial charge in [0, 0.05) is 32.6 Å². The van der Waals surface area contributed by atoms with Crippen LogP contribution >= 0.6 is 0 Å². The summed E-state index contributed by atoms with van der Waals surface area (Å²) in [5.74, 6) is -0.114. The molecule has 0 aromatic rings. The second kappa shape index (κ2) is 8.63. The molecule has 1 fully saturated rings. The van der Waals surface area contributed by atoms with Crippen molar-refractivity contribution in [2.75, 3.05) is 32.7 Å². The van der Waals surface area contributed by atoms with E-state index in [9.17, 15) is 9.59 Å². The molecule has 0 aliphatic carbocycles. The topological polar surface area (TPSA) is 76.4 Å². The lowest BCUT2D eigenvalue weighted by Crippen LogP contribution is -2.50. The Labute approximate surface area is 127 Å². The van der Waals surface area contributed by atoms with E-state index in [1.807, 2.05) is 13.8 Å². The molecule has 2 amide bonds. The number of nitrogens with zero attached hydrogens (tertiary/aromatic N) is 3. The van der Waals surface area contributed by atoms with E-state index in [1.165, 1.54) is 6.92 Å². The normalized spacial score (nSPS) is 20.4. The van der Waals surface area contributed by atoms with Gasteiger partial charge in [-0.3, -0.25) is 14.5 Å². The smallest absolute Gasteiger partial charge is 0.236 e. The fraction of sp³-hybridized carbons (Fsp3) is 0.800. The van der Waals surface area contributed by atoms with Gasteiger partial charge in [-0.2, -0.15) is 5.26 Å². The standard InChI is InChI=1S/C15H26N4O2/c1-4-19(9-12(2)8-16)15(21)11-18-7-5-6-14(10-18)17-13(3)20/h12,14H,4-7,9-11H2,1-3H3,(H,17,20). The van der Waals surface area contributed by atoms with E-state index in [-0.39, 0.29) is 23.8 Å². The van der Waals surface area contributed by atoms with Crippen molar-refractivity contribution >= 4 is 11.8 Å². The molecule has 0 bridgehead atoms. The number of carbonyl (C=O) groups excluding carboxylic acids is 2. The molecule has 1 aliphatic heterocycles. The van der Waals surface area contributed by atoms with Crippen LogP contribution in [0.3, 0.4) is 0 Å². The second-order valence-corrected chi connectivity index (χ2v) is 5.74. The summed E-state index contributed by atoms with van der Waals surface area (Å²) in [7, 11) is 0. The monoisotopic (exact) mass is 294 g/mol. The van der Waals surface area contributed by atoms with Crippen molar-refractivity contribution in [1.29, 1.82) is 5.26 Å². The molecule has 1 N–H and O–H groups in total. The Morgan fingerprint density at radius 2 is 2.24 bits per heavy atom. The van der Waals surface area contributed by atoms with E-state index >= 15 is 0 Å². The summed E-state index contributed by atoms with van der Waals surface area (Å²) in [6.45, 7) is 8.34. The molecule has 2 atom stereocenters. The first-order valence-corrected chi connectivity index (χ1v) is 7.63. The zero-order valence-corrected chi connectivity index (χ0v) is 13.3. The second-order valence-electron chi connectivity index (χ2n) is 5.74. The zero-order valence-electron chi connectivity index (χ0n) is 13.3. The van der Waals surface area contributed by atoms with Crippen molar-refractivity contribution in [3.63, 3.8) is 0 Å². The SMILES string of the molecule is CCN(CC(C)C#N)C(=O)CN1CCCC(NC(C)=O)C1. The molecule has 6 nitrogen and oxygen atoms in total. The number of carbonyl (C=O) groups is 2. The Morgan fingerprint density at radius 3 is 2.81 bits per heavy atom. The molecular formula is C15H26N4O2. The van der Waals surface area contributed by atoms with Gasteiger partial charge in [-0.1, -0.05) is 0 Å². The molecule has 118 valence electrons. The molecule has 1 rings (SSSR count). The van der Waals surface area contributed by atoms with Gasteiger partial charge >= 0.3 is 0 Å². The van der Waals surface area contributed by atoms with Crippen molar-refractivity contribution in [3.05, 3.63) is 0 Å². The lowest BCUT2D eigenvalue weighted by molar-refractivity contribution is -0.132. The molecule has 1 saturated heterocycles. The average molecular weight is 294 g/mol. The number of hydrogen-bond acceptors (Lipinski definition) is 4. The number of likely N-dealkylation sites (tertiary alicyclic amines) is 1. The minimum absolute atomic E-state index is 0.0220. The maximum Gasteiger partial charge on any atom is 0.236 e. The van der Waals surface area contributed by atoms with Crippen molar-refractivity contribution in [1.82, 2.24) is 15.1 Å². The Morgan fingerprint density at radius 1 is 1.52 bits per heavy atom. The lowest BCUT2D eigenvalue weighted by Gasteiger charge is -2.34. The number of nitrogens with one attached hydrogen (secondary N) is 1. The van der Waals surface area contributed by atoms with E-state index in [1.54, 1.807) is 4.90 Å². The molecule has 1 heterocycles. The summed E-state index contributed by atoms with van der Waals surface area (Å²) in [6.07, 6.45) is 1.95. The molecule has 1 aliphatic rings. The third-order valence-corrected chi connectivity index (χ3v) is 3.72. The quantitative estimate of drug-likeness (QED) is 0.778. The van der Waals surface area contributed by atoms with Gasteiger partial charge in [-0.05, 0) is 33.2 Å². The highest BCUT2D eigenvalue weighted by Crippen LogP contribution is 2.10. The Bertz CT molecular complexity index is 405. The molecule has 0 saturated carbocycles. The maximum atomic E-state index is 12.3. The van der Waals surface area contributed by atoms with Gasteiger partial charge < -0.3 is 10.2 Å². The molecule has 21 heavy (non-hydrogen) atoms. The van der Waals surface area contributed by atoms with E-state index in [4.69, 9.17) is 5.26 Å². The number of amides is 2. The van der Waals surface area contributed by atoms with Crippen molar-refractivity contribution in [2.45, 2.75) is 39.7 Å². The highest BCUT2D eigenvalue weighted by molar-refractivity contribution is 5.78. The predicted octanol–water partition coefficient (Wildman–Crippen LogP) is 0.595. The summed E-state index contributed by atoms with van der Waals surface area (Å²) in [6, 6.07) is 2.30. The largest absolute Gasteiger partial charge is 0.352 e. The van der Waals surface area contributed by atoms with E-state index in [2.05, 4.69) is 16.3 Å². The highest BCUT2D eigenvalue weighted by atomic mass is 16.2. The van der Waals surface area contributed by atoms with E-state index in [0.29, 0.717) is 19.6 Å². The predicted molar refractivity (Wildman–Crippen MR) is 80.3 cm³/mol. The van der Waals surface area contributed by atoms with Crippen molar-refractivity contribution in [3.8, 4) is 6.07 Å². The fourth-order valence-corrected chi connectivity index (χ4v) is 2.67. The number of nitriles is 1. The van der Waals surface area contributed by atoms with Crippen LogP contribution in [0.15, 0.2) is 0 Å². The minimum atomic E-state index is -0.151. The fourth-order valence-electron chi connectivity index (χ4n) is 2.67. The molecule has 6 heteroatoms. The van der Waals surface area contributed by atoms with Crippen LogP contribution in [0.2, 0.25) is 0 Å². The summed E-state index contributed by atoms with van der Waals surface area (Å²) in [5.41, 5.74) is 0. The summed E-state index contributed by atoms with van der Waals surface area (Å²) in [4.78, 5) is 27.2. The molecule has 0 radical (unpaired) electrons. The van der Waals surface area contributed by atoms with Crippen LogP contribution in [0.1, 0.15) is 33.6 Å². The van der Waals surface area contributed by atoms with Crippen LogP contribution < -0.4 is 5.32 Å². The Kier molecular flexibility index (Phi) is 7.17. The average Bonchev–Trinajstić information content (AvgIpc) is 2.43. The number of rotatable bonds is 6.